The SMILES string of the molecule is Cn1nccc1C(=O)Cc1cccc(F)c1F. The fraction of sp³-hybridized carbons (Fsp3) is 0.167. The minimum Gasteiger partial charge on any atom is -0.292 e. The van der Waals surface area contributed by atoms with Gasteiger partial charge in [-0.3, -0.25) is 9.48 Å². The van der Waals surface area contributed by atoms with E-state index in [0.29, 0.717) is 5.69 Å². The highest BCUT2D eigenvalue weighted by Gasteiger charge is 2.15. The maximum atomic E-state index is 13.4. The van der Waals surface area contributed by atoms with Crippen molar-refractivity contribution in [2.24, 2.45) is 7.05 Å². The van der Waals surface area contributed by atoms with Gasteiger partial charge in [0.2, 0.25) is 0 Å². The Bertz CT molecular complexity index is 563. The molecule has 0 bridgehead atoms. The third-order valence-corrected chi connectivity index (χ3v) is 2.49. The van der Waals surface area contributed by atoms with E-state index < -0.39 is 11.6 Å². The summed E-state index contributed by atoms with van der Waals surface area (Å²) in [4.78, 5) is 11.8. The molecule has 0 aliphatic heterocycles. The average molecular weight is 236 g/mol. The number of nitrogens with zero attached hydrogens (tertiary/aromatic N) is 2. The Morgan fingerprint density at radius 1 is 1.35 bits per heavy atom. The van der Waals surface area contributed by atoms with Crippen LogP contribution in [0.1, 0.15) is 16.1 Å². The lowest BCUT2D eigenvalue weighted by Gasteiger charge is -2.03. The lowest BCUT2D eigenvalue weighted by molar-refractivity contribution is 0.0982. The van der Waals surface area contributed by atoms with Crippen LogP contribution in [0, 0.1) is 11.6 Å². The van der Waals surface area contributed by atoms with Crippen molar-refractivity contribution in [3.05, 3.63) is 53.4 Å². The van der Waals surface area contributed by atoms with Crippen LogP contribution < -0.4 is 0 Å². The molecule has 0 aliphatic rings. The number of hydrogen-bond acceptors (Lipinski definition) is 2. The van der Waals surface area contributed by atoms with Crippen molar-refractivity contribution in [3.8, 4) is 0 Å². The molecule has 0 saturated carbocycles. The van der Waals surface area contributed by atoms with Crippen LogP contribution in [0.4, 0.5) is 8.78 Å². The fourth-order valence-electron chi connectivity index (χ4n) is 1.60. The normalized spacial score (nSPS) is 10.5. The molecule has 0 N–H and O–H groups in total. The van der Waals surface area contributed by atoms with Gasteiger partial charge in [-0.05, 0) is 17.7 Å². The van der Waals surface area contributed by atoms with E-state index >= 15 is 0 Å². The topological polar surface area (TPSA) is 34.9 Å². The van der Waals surface area contributed by atoms with Gasteiger partial charge in [-0.15, -0.1) is 0 Å². The Morgan fingerprint density at radius 3 is 2.76 bits per heavy atom. The first-order valence-electron chi connectivity index (χ1n) is 5.03. The molecule has 1 aromatic heterocycles. The molecular weight excluding hydrogens is 226 g/mol. The van der Waals surface area contributed by atoms with Gasteiger partial charge in [0.05, 0.1) is 0 Å². The van der Waals surface area contributed by atoms with Gasteiger partial charge in [-0.25, -0.2) is 8.78 Å². The van der Waals surface area contributed by atoms with Crippen molar-refractivity contribution in [2.45, 2.75) is 6.42 Å². The molecule has 5 heteroatoms. The summed E-state index contributed by atoms with van der Waals surface area (Å²) in [6, 6.07) is 5.34. The molecule has 2 aromatic rings. The largest absolute Gasteiger partial charge is 0.292 e. The number of carbonyl (C=O) groups excluding carboxylic acids is 1. The molecule has 0 saturated heterocycles. The number of hydrogen-bond donors (Lipinski definition) is 0. The van der Waals surface area contributed by atoms with E-state index in [-0.39, 0.29) is 17.8 Å². The molecule has 2 rings (SSSR count). The van der Waals surface area contributed by atoms with E-state index in [4.69, 9.17) is 0 Å². The second-order valence-electron chi connectivity index (χ2n) is 3.65. The molecule has 0 unspecified atom stereocenters. The number of carbonyl (C=O) groups is 1. The van der Waals surface area contributed by atoms with Gasteiger partial charge < -0.3 is 0 Å². The highest BCUT2D eigenvalue weighted by Crippen LogP contribution is 2.14. The Balaban J connectivity index is 2.25. The molecule has 0 amide bonds. The molecule has 0 radical (unpaired) electrons. The van der Waals surface area contributed by atoms with E-state index in [1.165, 1.54) is 23.0 Å². The molecule has 0 atom stereocenters. The van der Waals surface area contributed by atoms with Crippen LogP contribution in [0.25, 0.3) is 0 Å². The Labute approximate surface area is 96.7 Å². The van der Waals surface area contributed by atoms with E-state index in [0.717, 1.165) is 6.07 Å². The van der Waals surface area contributed by atoms with Crippen molar-refractivity contribution in [2.75, 3.05) is 0 Å². The van der Waals surface area contributed by atoms with Gasteiger partial charge >= 0.3 is 0 Å². The number of aromatic nitrogens is 2. The highest BCUT2D eigenvalue weighted by atomic mass is 19.2. The van der Waals surface area contributed by atoms with Crippen LogP contribution >= 0.6 is 0 Å². The number of Topliss-reactive ketones (excluding diaryl/α,β-unsaturated/α-hetero) is 1. The van der Waals surface area contributed by atoms with Crippen LogP contribution in [0.5, 0.6) is 0 Å². The molecule has 0 aliphatic carbocycles. The zero-order valence-electron chi connectivity index (χ0n) is 9.15. The number of aryl methyl sites for hydroxylation is 1. The molecule has 0 fully saturated rings. The lowest BCUT2D eigenvalue weighted by Crippen LogP contribution is -2.11. The van der Waals surface area contributed by atoms with Gasteiger partial charge in [0.1, 0.15) is 5.69 Å². The van der Waals surface area contributed by atoms with E-state index in [1.54, 1.807) is 13.1 Å². The van der Waals surface area contributed by atoms with Crippen LogP contribution in [0.3, 0.4) is 0 Å². The first-order chi connectivity index (χ1) is 8.09. The number of halogens is 2. The summed E-state index contributed by atoms with van der Waals surface area (Å²) >= 11 is 0. The predicted octanol–water partition coefficient (Wildman–Crippen LogP) is 2.12. The first kappa shape index (κ1) is 11.4. The second-order valence-corrected chi connectivity index (χ2v) is 3.65. The number of rotatable bonds is 3. The van der Waals surface area contributed by atoms with Crippen molar-refractivity contribution in [3.63, 3.8) is 0 Å². The van der Waals surface area contributed by atoms with Gasteiger partial charge in [0, 0.05) is 19.7 Å². The molecule has 0 spiro atoms. The van der Waals surface area contributed by atoms with Crippen molar-refractivity contribution < 1.29 is 13.6 Å². The van der Waals surface area contributed by atoms with Crippen LogP contribution in [0.15, 0.2) is 30.5 Å². The van der Waals surface area contributed by atoms with Crippen molar-refractivity contribution in [1.82, 2.24) is 9.78 Å². The molecule has 1 aromatic carbocycles. The number of ketones is 1. The van der Waals surface area contributed by atoms with Crippen molar-refractivity contribution in [1.29, 1.82) is 0 Å². The summed E-state index contributed by atoms with van der Waals surface area (Å²) in [5.74, 6) is -2.21. The second kappa shape index (κ2) is 4.45. The number of benzene rings is 1. The zero-order valence-corrected chi connectivity index (χ0v) is 9.15. The summed E-state index contributed by atoms with van der Waals surface area (Å²) in [6.07, 6.45) is 1.30. The minimum absolute atomic E-state index is 0.0520. The zero-order chi connectivity index (χ0) is 12.4. The van der Waals surface area contributed by atoms with Gasteiger partial charge in [0.25, 0.3) is 0 Å². The lowest BCUT2D eigenvalue weighted by atomic mass is 10.1. The predicted molar refractivity (Wildman–Crippen MR) is 57.6 cm³/mol. The summed E-state index contributed by atoms with van der Waals surface area (Å²) < 4.78 is 27.7. The molecule has 3 nitrogen and oxygen atoms in total. The highest BCUT2D eigenvalue weighted by molar-refractivity contribution is 5.95. The summed E-state index contributed by atoms with van der Waals surface area (Å²) in [5, 5.41) is 3.85. The monoisotopic (exact) mass is 236 g/mol. The van der Waals surface area contributed by atoms with Crippen molar-refractivity contribution >= 4 is 5.78 Å². The minimum atomic E-state index is -0.969. The maximum absolute atomic E-state index is 13.4. The molecule has 17 heavy (non-hydrogen) atoms. The first-order valence-corrected chi connectivity index (χ1v) is 5.03. The Morgan fingerprint density at radius 2 is 2.12 bits per heavy atom. The smallest absolute Gasteiger partial charge is 0.185 e. The summed E-state index contributed by atoms with van der Waals surface area (Å²) in [7, 11) is 1.62. The van der Waals surface area contributed by atoms with E-state index in [9.17, 15) is 13.6 Å². The maximum Gasteiger partial charge on any atom is 0.185 e. The standard InChI is InChI=1S/C12H10F2N2O/c1-16-10(5-6-15-16)11(17)7-8-3-2-4-9(13)12(8)14/h2-6H,7H2,1H3. The van der Waals surface area contributed by atoms with Crippen LogP contribution in [0.2, 0.25) is 0 Å². The summed E-state index contributed by atoms with van der Waals surface area (Å²) in [5.41, 5.74) is 0.421. The average Bonchev–Trinajstić information content (AvgIpc) is 2.71. The van der Waals surface area contributed by atoms with Crippen LogP contribution in [-0.4, -0.2) is 15.6 Å². The molecule has 88 valence electrons. The summed E-state index contributed by atoms with van der Waals surface area (Å²) in [6.45, 7) is 0. The van der Waals surface area contributed by atoms with E-state index in [1.807, 2.05) is 0 Å². The Kier molecular flexibility index (Phi) is 2.99. The third kappa shape index (κ3) is 2.22. The van der Waals surface area contributed by atoms with Gasteiger partial charge in [-0.1, -0.05) is 12.1 Å². The Hall–Kier alpha value is -2.04. The van der Waals surface area contributed by atoms with Gasteiger partial charge in [0.15, 0.2) is 17.4 Å². The van der Waals surface area contributed by atoms with E-state index in [2.05, 4.69) is 5.10 Å². The fourth-order valence-corrected chi connectivity index (χ4v) is 1.60. The van der Waals surface area contributed by atoms with Gasteiger partial charge in [-0.2, -0.15) is 5.10 Å². The molecule has 1 heterocycles. The molecular formula is C12H10F2N2O. The van der Waals surface area contributed by atoms with Crippen LogP contribution in [-0.2, 0) is 13.5 Å². The third-order valence-electron chi connectivity index (χ3n) is 2.49. The quantitative estimate of drug-likeness (QED) is 0.765.